The Labute approximate surface area is 162 Å². The minimum atomic E-state index is -2.87. The Balaban J connectivity index is 0.00000280. The van der Waals surface area contributed by atoms with Crippen molar-refractivity contribution in [2.45, 2.75) is 82.1 Å². The van der Waals surface area contributed by atoms with Crippen LogP contribution in [0.1, 0.15) is 64.7 Å². The summed E-state index contributed by atoms with van der Waals surface area (Å²) < 4.78 is 12.1. The Bertz CT molecular complexity index is 608. The van der Waals surface area contributed by atoms with Crippen molar-refractivity contribution in [2.75, 3.05) is 13.6 Å². The first kappa shape index (κ1) is 22.4. The molecule has 0 spiro atoms. The average Bonchev–Trinajstić information content (AvgIpc) is 3.18. The molecular weight excluding hydrogens is 632 g/mol. The largest absolute Gasteiger partial charge is 0.345 e. The third-order valence-corrected chi connectivity index (χ3v) is 8.12. The fourth-order valence-corrected chi connectivity index (χ4v) is 5.99. The standard InChI is InChI=1S/C19H34N3O4P.Rf/c1-13-10-16-17(23)21-19(27(25)26)11-14(19)8-6-4-3-5-7-9-15(20-2)18(24)22(16)12-13;/h13-16,20,27H,3-12H2,1-2H3,(H,21,23)(H,25,26);. The summed E-state index contributed by atoms with van der Waals surface area (Å²) in [5, 5.41) is 5.09. The van der Waals surface area contributed by atoms with E-state index in [1.165, 1.54) is 0 Å². The number of nitrogens with one attached hydrogen (secondary N) is 2. The minimum Gasteiger partial charge on any atom is -0.345 e. The van der Waals surface area contributed by atoms with E-state index < -0.39 is 19.3 Å². The smallest absolute Gasteiger partial charge is 0.243 e. The van der Waals surface area contributed by atoms with Gasteiger partial charge in [-0.05, 0) is 44.6 Å². The predicted molar refractivity (Wildman–Crippen MR) is 105 cm³/mol. The normalized spacial score (nSPS) is 38.2. The number of likely N-dealkylation sites (N-methyl/N-ethyl adjacent to an activating group) is 1. The molecule has 3 rings (SSSR count). The average molecular weight is 666 g/mol. The van der Waals surface area contributed by atoms with Gasteiger partial charge < -0.3 is 20.4 Å². The second-order valence-corrected chi connectivity index (χ2v) is 10.2. The van der Waals surface area contributed by atoms with Crippen molar-refractivity contribution in [2.24, 2.45) is 11.8 Å². The summed E-state index contributed by atoms with van der Waals surface area (Å²) in [5.41, 5.74) is 0. The van der Waals surface area contributed by atoms with Crippen LogP contribution in [0.5, 0.6) is 0 Å². The van der Waals surface area contributed by atoms with Gasteiger partial charge in [0.25, 0.3) is 0 Å². The molecule has 2 aliphatic heterocycles. The zero-order valence-corrected chi connectivity index (χ0v) is 24.6. The van der Waals surface area contributed by atoms with Crippen LogP contribution >= 0.6 is 8.03 Å². The molecule has 6 atom stereocenters. The molecule has 2 saturated heterocycles. The van der Waals surface area contributed by atoms with Crippen molar-refractivity contribution in [3.05, 3.63) is 0 Å². The molecule has 2 amide bonds. The monoisotopic (exact) mass is 666 g/mol. The summed E-state index contributed by atoms with van der Waals surface area (Å²) in [4.78, 5) is 37.7. The number of hydrogen-bond donors (Lipinski definition) is 3. The van der Waals surface area contributed by atoms with Gasteiger partial charge in [0.15, 0.2) is 0 Å². The maximum Gasteiger partial charge on any atom is 0.243 e. The summed E-state index contributed by atoms with van der Waals surface area (Å²) in [6.45, 7) is 2.62. The Morgan fingerprint density at radius 3 is 2.46 bits per heavy atom. The summed E-state index contributed by atoms with van der Waals surface area (Å²) in [6.07, 6.45) is 8.20. The molecule has 9 heteroatoms. The maximum atomic E-state index is 13.1. The van der Waals surface area contributed by atoms with Crippen LogP contribution in [-0.4, -0.2) is 52.6 Å². The van der Waals surface area contributed by atoms with Crippen molar-refractivity contribution >= 4 is 19.8 Å². The van der Waals surface area contributed by atoms with Crippen molar-refractivity contribution < 1.29 is 19.0 Å². The molecule has 0 aromatic carbocycles. The van der Waals surface area contributed by atoms with E-state index in [1.54, 1.807) is 11.9 Å². The van der Waals surface area contributed by atoms with Crippen LogP contribution in [0.3, 0.4) is 0 Å². The summed E-state index contributed by atoms with van der Waals surface area (Å²) >= 11 is 0. The van der Waals surface area contributed by atoms with E-state index in [2.05, 4.69) is 10.6 Å². The van der Waals surface area contributed by atoms with E-state index in [4.69, 9.17) is 0 Å². The van der Waals surface area contributed by atoms with Crippen LogP contribution in [0.25, 0.3) is 0 Å². The van der Waals surface area contributed by atoms with Gasteiger partial charge in [0.05, 0.1) is 6.04 Å². The Hall–Kier alpha value is -1.91. The van der Waals surface area contributed by atoms with Crippen LogP contribution in [0, 0.1) is 11.8 Å². The van der Waals surface area contributed by atoms with Crippen molar-refractivity contribution in [3.8, 4) is 0 Å². The second-order valence-electron chi connectivity index (χ2n) is 8.70. The van der Waals surface area contributed by atoms with E-state index in [0.717, 1.165) is 44.9 Å². The number of fused-ring (bicyclic) bond motifs is 2. The van der Waals surface area contributed by atoms with Gasteiger partial charge >= 0.3 is 0 Å². The Morgan fingerprint density at radius 1 is 1.18 bits per heavy atom. The first-order valence-electron chi connectivity index (χ1n) is 10.4. The number of carbonyl (C=O) groups excluding carboxylic acids is 2. The van der Waals surface area contributed by atoms with Crippen LogP contribution in [0.15, 0.2) is 0 Å². The van der Waals surface area contributed by atoms with E-state index in [0.29, 0.717) is 19.4 Å². The van der Waals surface area contributed by atoms with Crippen LogP contribution in [-0.2, 0) is 14.2 Å². The number of nitrogens with zero attached hydrogens (tertiary/aromatic N) is 1. The molecular formula is C19H34N3O4PRf. The topological polar surface area (TPSA) is 98.7 Å². The fourth-order valence-electron chi connectivity index (χ4n) is 4.85. The third kappa shape index (κ3) is 4.39. The van der Waals surface area contributed by atoms with Gasteiger partial charge in [-0.2, -0.15) is 0 Å². The van der Waals surface area contributed by atoms with Crippen LogP contribution in [0.2, 0.25) is 0 Å². The summed E-state index contributed by atoms with van der Waals surface area (Å²) in [7, 11) is -1.07. The maximum absolute atomic E-state index is 13.1. The molecule has 3 N–H and O–H groups in total. The predicted octanol–water partition coefficient (Wildman–Crippen LogP) is 1.86. The molecule has 156 valence electrons. The van der Waals surface area contributed by atoms with Crippen molar-refractivity contribution in [1.82, 2.24) is 15.5 Å². The molecule has 28 heavy (non-hydrogen) atoms. The van der Waals surface area contributed by atoms with Gasteiger partial charge in [-0.1, -0.05) is 39.0 Å². The van der Waals surface area contributed by atoms with Crippen molar-refractivity contribution in [3.63, 3.8) is 0 Å². The van der Waals surface area contributed by atoms with E-state index in [1.807, 2.05) is 6.92 Å². The number of amides is 2. The zero-order valence-electron chi connectivity index (χ0n) is 17.2. The Morgan fingerprint density at radius 2 is 1.82 bits per heavy atom. The molecule has 6 unspecified atom stereocenters. The van der Waals surface area contributed by atoms with Crippen LogP contribution < -0.4 is 10.6 Å². The molecule has 2 heterocycles. The molecule has 7 nitrogen and oxygen atoms in total. The second kappa shape index (κ2) is 9.06. The first-order valence-corrected chi connectivity index (χ1v) is 11.8. The third-order valence-electron chi connectivity index (χ3n) is 6.62. The van der Waals surface area contributed by atoms with Gasteiger partial charge in [0.2, 0.25) is 19.8 Å². The van der Waals surface area contributed by atoms with E-state index in [-0.39, 0.29) is 29.7 Å². The summed E-state index contributed by atoms with van der Waals surface area (Å²) in [5.74, 6) is 0.0661. The molecule has 0 aromatic heterocycles. The van der Waals surface area contributed by atoms with Crippen LogP contribution in [0.4, 0.5) is 0 Å². The number of rotatable bonds is 2. The quantitative estimate of drug-likeness (QED) is 0.392. The Kier molecular flexibility index (Phi) is 7.24. The van der Waals surface area contributed by atoms with Gasteiger partial charge in [-0.25, -0.2) is 0 Å². The molecule has 0 radical (unpaired) electrons. The van der Waals surface area contributed by atoms with Gasteiger partial charge in [0.1, 0.15) is 11.3 Å². The molecule has 0 bridgehead atoms. The summed E-state index contributed by atoms with van der Waals surface area (Å²) in [6, 6.07) is -0.803. The molecule has 3 fully saturated rings. The van der Waals surface area contributed by atoms with Gasteiger partial charge in [-0.15, -0.1) is 0 Å². The van der Waals surface area contributed by atoms with Gasteiger partial charge in [0, 0.05) is 6.54 Å². The molecule has 0 aromatic rings. The SMILES string of the molecule is CNC1CCCCCCCC2CC2([PH](=O)O)NC(=O)C2CC(C)CN2C1=O.[Rf]. The molecule has 1 aliphatic carbocycles. The van der Waals surface area contributed by atoms with Gasteiger partial charge in [-0.3, -0.25) is 14.2 Å². The van der Waals surface area contributed by atoms with E-state index >= 15 is 0 Å². The molecule has 3 aliphatic rings. The fraction of sp³-hybridized carbons (Fsp3) is 0.895. The molecule has 1 saturated carbocycles. The number of carbonyl (C=O) groups is 2. The van der Waals surface area contributed by atoms with Crippen molar-refractivity contribution in [1.29, 1.82) is 0 Å². The van der Waals surface area contributed by atoms with E-state index in [9.17, 15) is 19.0 Å². The number of hydrogen-bond acceptors (Lipinski definition) is 4. The zero-order chi connectivity index (χ0) is 19.6. The minimum absolute atomic E-state index is 0. The first-order chi connectivity index (χ1) is 12.9.